The van der Waals surface area contributed by atoms with Gasteiger partial charge in [0.1, 0.15) is 23.1 Å². The predicted octanol–water partition coefficient (Wildman–Crippen LogP) is 3.84. The minimum absolute atomic E-state index is 0.117. The second-order valence-electron chi connectivity index (χ2n) is 4.44. The standard InChI is InChI=1S/C8H6BrFO2.C8H7FO2/c9-4-8(12)6-2-1-5(10)3-7(6)11;1-5(10)7-3-2-6(9)4-8(7)11/h1-3,11H,4H2;2-4,11H,1H3. The van der Waals surface area contributed by atoms with Gasteiger partial charge < -0.3 is 10.2 Å². The third-order valence-corrected chi connectivity index (χ3v) is 3.23. The average Bonchev–Trinajstić information content (AvgIpc) is 2.46. The van der Waals surface area contributed by atoms with E-state index in [0.29, 0.717) is 0 Å². The summed E-state index contributed by atoms with van der Waals surface area (Å²) in [7, 11) is 0. The molecule has 0 aliphatic heterocycles. The summed E-state index contributed by atoms with van der Waals surface area (Å²) in [5.74, 6) is -2.28. The summed E-state index contributed by atoms with van der Waals surface area (Å²) >= 11 is 2.95. The first-order valence-electron chi connectivity index (χ1n) is 6.33. The molecule has 0 atom stereocenters. The second-order valence-corrected chi connectivity index (χ2v) is 5.00. The Balaban J connectivity index is 0.000000231. The molecule has 0 bridgehead atoms. The fourth-order valence-electron chi connectivity index (χ4n) is 1.62. The number of Topliss-reactive ketones (excluding diaryl/α,β-unsaturated/α-hetero) is 2. The molecule has 7 heteroatoms. The van der Waals surface area contributed by atoms with E-state index in [-0.39, 0.29) is 39.5 Å². The third kappa shape index (κ3) is 5.45. The van der Waals surface area contributed by atoms with Crippen molar-refractivity contribution in [1.29, 1.82) is 0 Å². The van der Waals surface area contributed by atoms with E-state index in [1.807, 2.05) is 0 Å². The van der Waals surface area contributed by atoms with Gasteiger partial charge in [0, 0.05) is 12.1 Å². The van der Waals surface area contributed by atoms with Crippen molar-refractivity contribution in [3.63, 3.8) is 0 Å². The first-order valence-corrected chi connectivity index (χ1v) is 7.45. The van der Waals surface area contributed by atoms with Crippen molar-refractivity contribution in [3.8, 4) is 11.5 Å². The van der Waals surface area contributed by atoms with Crippen LogP contribution in [0.4, 0.5) is 8.78 Å². The van der Waals surface area contributed by atoms with Gasteiger partial charge in [-0.25, -0.2) is 8.78 Å². The molecule has 0 aliphatic rings. The number of hydrogen-bond donors (Lipinski definition) is 2. The van der Waals surface area contributed by atoms with Crippen LogP contribution in [0, 0.1) is 11.6 Å². The first-order chi connectivity index (χ1) is 10.8. The van der Waals surface area contributed by atoms with Gasteiger partial charge in [0.15, 0.2) is 11.6 Å². The molecule has 0 heterocycles. The minimum atomic E-state index is -0.557. The lowest BCUT2D eigenvalue weighted by Gasteiger charge is -1.99. The summed E-state index contributed by atoms with van der Waals surface area (Å²) in [5, 5.41) is 18.2. The maximum Gasteiger partial charge on any atom is 0.177 e. The first kappa shape index (κ1) is 18.8. The quantitative estimate of drug-likeness (QED) is 0.620. The molecular weight excluding hydrogens is 374 g/mol. The van der Waals surface area contributed by atoms with Crippen LogP contribution in [-0.4, -0.2) is 27.1 Å². The third-order valence-electron chi connectivity index (χ3n) is 2.72. The van der Waals surface area contributed by atoms with Crippen molar-refractivity contribution in [2.24, 2.45) is 0 Å². The number of phenols is 2. The van der Waals surface area contributed by atoms with E-state index in [1.165, 1.54) is 19.1 Å². The van der Waals surface area contributed by atoms with Crippen LogP contribution in [0.2, 0.25) is 0 Å². The summed E-state index contributed by atoms with van der Waals surface area (Å²) in [5.41, 5.74) is 0.277. The molecule has 4 nitrogen and oxygen atoms in total. The van der Waals surface area contributed by atoms with Crippen LogP contribution in [0.3, 0.4) is 0 Å². The Kier molecular flexibility index (Phi) is 6.84. The highest BCUT2D eigenvalue weighted by atomic mass is 79.9. The molecule has 2 aromatic carbocycles. The van der Waals surface area contributed by atoms with Crippen LogP contribution in [0.25, 0.3) is 0 Å². The van der Waals surface area contributed by atoms with Crippen LogP contribution in [0.15, 0.2) is 36.4 Å². The molecule has 0 aliphatic carbocycles. The molecule has 122 valence electrons. The van der Waals surface area contributed by atoms with Crippen molar-refractivity contribution in [2.45, 2.75) is 6.92 Å². The molecule has 23 heavy (non-hydrogen) atoms. The summed E-state index contributed by atoms with van der Waals surface area (Å²) in [6.07, 6.45) is 0. The number of halogens is 3. The van der Waals surface area contributed by atoms with Gasteiger partial charge in [0.25, 0.3) is 0 Å². The number of alkyl halides is 1. The highest BCUT2D eigenvalue weighted by Crippen LogP contribution is 2.19. The van der Waals surface area contributed by atoms with E-state index in [9.17, 15) is 18.4 Å². The molecular formula is C16H13BrF2O4. The zero-order valence-electron chi connectivity index (χ0n) is 12.0. The Morgan fingerprint density at radius 2 is 1.39 bits per heavy atom. The van der Waals surface area contributed by atoms with Crippen molar-refractivity contribution >= 4 is 27.5 Å². The molecule has 0 saturated carbocycles. The molecule has 2 N–H and O–H groups in total. The van der Waals surface area contributed by atoms with Crippen LogP contribution in [0.5, 0.6) is 11.5 Å². The Labute approximate surface area is 139 Å². The van der Waals surface area contributed by atoms with Gasteiger partial charge in [-0.05, 0) is 31.2 Å². The van der Waals surface area contributed by atoms with Crippen molar-refractivity contribution in [1.82, 2.24) is 0 Å². The van der Waals surface area contributed by atoms with E-state index < -0.39 is 11.6 Å². The van der Waals surface area contributed by atoms with Gasteiger partial charge in [-0.1, -0.05) is 15.9 Å². The molecule has 0 radical (unpaired) electrons. The lowest BCUT2D eigenvalue weighted by Crippen LogP contribution is -2.00. The highest BCUT2D eigenvalue weighted by molar-refractivity contribution is 9.09. The highest BCUT2D eigenvalue weighted by Gasteiger charge is 2.09. The van der Waals surface area contributed by atoms with Crippen LogP contribution in [-0.2, 0) is 0 Å². The SMILES string of the molecule is CC(=O)c1ccc(F)cc1O.O=C(CBr)c1ccc(F)cc1O. The number of phenolic OH excluding ortho intramolecular Hbond substituents is 2. The van der Waals surface area contributed by atoms with Crippen LogP contribution in [0.1, 0.15) is 27.6 Å². The topological polar surface area (TPSA) is 74.6 Å². The summed E-state index contributed by atoms with van der Waals surface area (Å²) < 4.78 is 24.8. The normalized spacial score (nSPS) is 9.74. The Bertz CT molecular complexity index is 732. The largest absolute Gasteiger partial charge is 0.507 e. The molecule has 0 spiro atoms. The summed E-state index contributed by atoms with van der Waals surface area (Å²) in [6, 6.07) is 6.61. The van der Waals surface area contributed by atoms with Crippen LogP contribution >= 0.6 is 15.9 Å². The summed E-state index contributed by atoms with van der Waals surface area (Å²) in [6.45, 7) is 1.31. The fraction of sp³-hybridized carbons (Fsp3) is 0.125. The number of ketones is 2. The fourth-order valence-corrected chi connectivity index (χ4v) is 1.92. The smallest absolute Gasteiger partial charge is 0.177 e. The number of carbonyl (C=O) groups excluding carboxylic acids is 2. The number of rotatable bonds is 3. The number of carbonyl (C=O) groups is 2. The van der Waals surface area contributed by atoms with E-state index in [1.54, 1.807) is 0 Å². The zero-order valence-corrected chi connectivity index (χ0v) is 13.6. The van der Waals surface area contributed by atoms with Gasteiger partial charge in [0.2, 0.25) is 0 Å². The minimum Gasteiger partial charge on any atom is -0.507 e. The lowest BCUT2D eigenvalue weighted by atomic mass is 10.1. The molecule has 0 aromatic heterocycles. The number of benzene rings is 2. The Hall–Kier alpha value is -2.28. The van der Waals surface area contributed by atoms with Crippen LogP contribution < -0.4 is 0 Å². The monoisotopic (exact) mass is 386 g/mol. The van der Waals surface area contributed by atoms with E-state index in [0.717, 1.165) is 24.3 Å². The second kappa shape index (κ2) is 8.38. The van der Waals surface area contributed by atoms with Gasteiger partial charge in [-0.3, -0.25) is 9.59 Å². The molecule has 2 aromatic rings. The molecule has 0 amide bonds. The molecule has 0 fully saturated rings. The maximum atomic E-state index is 12.4. The van der Waals surface area contributed by atoms with E-state index in [2.05, 4.69) is 15.9 Å². The lowest BCUT2D eigenvalue weighted by molar-refractivity contribution is 0.100. The maximum absolute atomic E-state index is 12.4. The average molecular weight is 387 g/mol. The van der Waals surface area contributed by atoms with E-state index in [4.69, 9.17) is 10.2 Å². The number of hydrogen-bond acceptors (Lipinski definition) is 4. The molecule has 0 saturated heterocycles. The van der Waals surface area contributed by atoms with Crippen molar-refractivity contribution in [2.75, 3.05) is 5.33 Å². The zero-order chi connectivity index (χ0) is 17.6. The van der Waals surface area contributed by atoms with Gasteiger partial charge in [0.05, 0.1) is 16.5 Å². The van der Waals surface area contributed by atoms with E-state index >= 15 is 0 Å². The predicted molar refractivity (Wildman–Crippen MR) is 84.3 cm³/mol. The van der Waals surface area contributed by atoms with Crippen molar-refractivity contribution in [3.05, 3.63) is 59.2 Å². The Morgan fingerprint density at radius 3 is 1.74 bits per heavy atom. The van der Waals surface area contributed by atoms with Crippen molar-refractivity contribution < 1.29 is 28.6 Å². The Morgan fingerprint density at radius 1 is 0.957 bits per heavy atom. The number of aromatic hydroxyl groups is 2. The molecule has 2 rings (SSSR count). The van der Waals surface area contributed by atoms with Gasteiger partial charge >= 0.3 is 0 Å². The molecule has 0 unspecified atom stereocenters. The van der Waals surface area contributed by atoms with Gasteiger partial charge in [-0.15, -0.1) is 0 Å². The van der Waals surface area contributed by atoms with Gasteiger partial charge in [-0.2, -0.15) is 0 Å². The summed E-state index contributed by atoms with van der Waals surface area (Å²) in [4.78, 5) is 21.7.